The first kappa shape index (κ1) is 20.7. The van der Waals surface area contributed by atoms with Gasteiger partial charge in [0.15, 0.2) is 0 Å². The van der Waals surface area contributed by atoms with E-state index in [0.29, 0.717) is 11.9 Å². The number of alkyl carbamates (subject to hydrolysis) is 1. The topological polar surface area (TPSA) is 85.3 Å². The molecule has 0 aliphatic rings. The maximum Gasteiger partial charge on any atom is 0.407 e. The molecule has 0 aromatic carbocycles. The van der Waals surface area contributed by atoms with Gasteiger partial charge in [-0.2, -0.15) is 5.10 Å². The first-order chi connectivity index (χ1) is 11.4. The van der Waals surface area contributed by atoms with Gasteiger partial charge in [-0.3, -0.25) is 9.48 Å². The summed E-state index contributed by atoms with van der Waals surface area (Å²) in [7, 11) is 0. The van der Waals surface area contributed by atoms with Crippen molar-refractivity contribution < 1.29 is 18.7 Å². The Labute approximate surface area is 147 Å². The van der Waals surface area contributed by atoms with Gasteiger partial charge >= 0.3 is 6.09 Å². The molecular weight excluding hydrogens is 327 g/mol. The number of rotatable bonds is 5. The van der Waals surface area contributed by atoms with E-state index in [9.17, 15) is 14.0 Å². The fourth-order valence-electron chi connectivity index (χ4n) is 1.82. The molecule has 0 unspecified atom stereocenters. The molecule has 0 atom stereocenters. The Morgan fingerprint density at radius 3 is 2.44 bits per heavy atom. The quantitative estimate of drug-likeness (QED) is 0.851. The molecule has 1 heterocycles. The lowest BCUT2D eigenvalue weighted by Crippen LogP contribution is -2.40. The van der Waals surface area contributed by atoms with E-state index in [0.717, 1.165) is 0 Å². The molecule has 25 heavy (non-hydrogen) atoms. The number of carbonyl (C=O) groups excluding carboxylic acids is 2. The first-order valence-corrected chi connectivity index (χ1v) is 7.99. The third-order valence-electron chi connectivity index (χ3n) is 2.76. The normalized spacial score (nSPS) is 12.7. The lowest BCUT2D eigenvalue weighted by molar-refractivity contribution is 0.0531. The van der Waals surface area contributed by atoms with Crippen LogP contribution in [0.15, 0.2) is 24.3 Å². The Kier molecular flexibility index (Phi) is 6.72. The highest BCUT2D eigenvalue weighted by Gasteiger charge is 2.18. The maximum atomic E-state index is 13.0. The molecule has 0 aliphatic heterocycles. The number of nitrogens with zero attached hydrogens (tertiary/aromatic N) is 2. The Hall–Kier alpha value is -2.38. The zero-order chi connectivity index (χ0) is 19.3. The third-order valence-corrected chi connectivity index (χ3v) is 2.76. The molecule has 0 spiro atoms. The van der Waals surface area contributed by atoms with Crippen LogP contribution in [0.1, 0.15) is 51.9 Å². The van der Waals surface area contributed by atoms with Crippen molar-refractivity contribution in [2.45, 2.75) is 59.2 Å². The molecule has 1 rings (SSSR count). The summed E-state index contributed by atoms with van der Waals surface area (Å²) >= 11 is 0. The van der Waals surface area contributed by atoms with Gasteiger partial charge in [-0.05, 0) is 47.1 Å². The van der Waals surface area contributed by atoms with E-state index in [-0.39, 0.29) is 30.1 Å². The summed E-state index contributed by atoms with van der Waals surface area (Å²) in [6.07, 6.45) is 2.72. The summed E-state index contributed by atoms with van der Waals surface area (Å²) < 4.78 is 19.6. The van der Waals surface area contributed by atoms with Crippen LogP contribution in [0.3, 0.4) is 0 Å². The Bertz CT molecular complexity index is 639. The van der Waals surface area contributed by atoms with Gasteiger partial charge in [0.25, 0.3) is 5.91 Å². The van der Waals surface area contributed by atoms with Gasteiger partial charge in [-0.25, -0.2) is 9.18 Å². The highest BCUT2D eigenvalue weighted by molar-refractivity contribution is 5.94. The first-order valence-electron chi connectivity index (χ1n) is 7.99. The van der Waals surface area contributed by atoms with Crippen molar-refractivity contribution in [1.82, 2.24) is 20.4 Å². The zero-order valence-electron chi connectivity index (χ0n) is 15.6. The van der Waals surface area contributed by atoms with Gasteiger partial charge in [0.05, 0.1) is 24.6 Å². The average Bonchev–Trinajstić information content (AvgIpc) is 2.88. The van der Waals surface area contributed by atoms with Gasteiger partial charge in [0.2, 0.25) is 0 Å². The smallest absolute Gasteiger partial charge is 0.407 e. The molecule has 0 saturated carbocycles. The molecule has 0 fully saturated rings. The minimum absolute atomic E-state index is 0.0191. The fourth-order valence-corrected chi connectivity index (χ4v) is 1.82. The number of carbonyl (C=O) groups is 2. The summed E-state index contributed by atoms with van der Waals surface area (Å²) in [4.78, 5) is 23.6. The van der Waals surface area contributed by atoms with E-state index in [1.54, 1.807) is 20.8 Å². The van der Waals surface area contributed by atoms with Crippen molar-refractivity contribution >= 4 is 12.0 Å². The Balaban J connectivity index is 2.59. The molecule has 8 heteroatoms. The van der Waals surface area contributed by atoms with Crippen LogP contribution in [-0.2, 0) is 11.3 Å². The molecule has 2 N–H and O–H groups in total. The third kappa shape index (κ3) is 8.32. The maximum absolute atomic E-state index is 13.0. The number of halogens is 1. The van der Waals surface area contributed by atoms with Crippen LogP contribution in [-0.4, -0.2) is 39.5 Å². The van der Waals surface area contributed by atoms with Gasteiger partial charge in [-0.1, -0.05) is 0 Å². The number of nitrogens with one attached hydrogen (secondary N) is 2. The van der Waals surface area contributed by atoms with E-state index in [4.69, 9.17) is 4.74 Å². The van der Waals surface area contributed by atoms with Crippen LogP contribution in [0.5, 0.6) is 0 Å². The standard InChI is InChI=1S/C17H27FN4O3/c1-16(2,3)21-14(23)13-9-20-22(11-13)10-12(7-18)8-19-15(24)25-17(4,5)6/h7,9,11H,8,10H2,1-6H3,(H,19,24)(H,21,23)/b12-7+. The van der Waals surface area contributed by atoms with Crippen molar-refractivity contribution in [3.63, 3.8) is 0 Å². The fraction of sp³-hybridized carbons (Fsp3) is 0.588. The van der Waals surface area contributed by atoms with Crippen molar-refractivity contribution in [3.05, 3.63) is 29.9 Å². The van der Waals surface area contributed by atoms with Crippen LogP contribution < -0.4 is 10.6 Å². The molecule has 0 aliphatic carbocycles. The van der Waals surface area contributed by atoms with Gasteiger partial charge in [-0.15, -0.1) is 0 Å². The minimum Gasteiger partial charge on any atom is -0.444 e. The summed E-state index contributed by atoms with van der Waals surface area (Å²) in [5, 5.41) is 9.35. The molecule has 1 aromatic rings. The molecule has 7 nitrogen and oxygen atoms in total. The number of aromatic nitrogens is 2. The van der Waals surface area contributed by atoms with Gasteiger partial charge < -0.3 is 15.4 Å². The second kappa shape index (κ2) is 8.13. The average molecular weight is 354 g/mol. The number of amides is 2. The second-order valence-electron chi connectivity index (χ2n) is 7.75. The number of ether oxygens (including phenoxy) is 1. The Morgan fingerprint density at radius 2 is 1.92 bits per heavy atom. The predicted octanol–water partition coefficient (Wildman–Crippen LogP) is 2.79. The highest BCUT2D eigenvalue weighted by Crippen LogP contribution is 2.08. The molecule has 1 aromatic heterocycles. The predicted molar refractivity (Wildman–Crippen MR) is 92.9 cm³/mol. The van der Waals surface area contributed by atoms with Gasteiger partial charge in [0.1, 0.15) is 5.60 Å². The van der Waals surface area contributed by atoms with Crippen LogP contribution in [0.2, 0.25) is 0 Å². The van der Waals surface area contributed by atoms with E-state index in [1.165, 1.54) is 17.1 Å². The van der Waals surface area contributed by atoms with Crippen molar-refractivity contribution in [2.75, 3.05) is 6.54 Å². The molecular formula is C17H27FN4O3. The summed E-state index contributed by atoms with van der Waals surface area (Å²) in [6, 6.07) is 0. The lowest BCUT2D eigenvalue weighted by Gasteiger charge is -2.20. The molecule has 0 saturated heterocycles. The molecule has 0 radical (unpaired) electrons. The monoisotopic (exact) mass is 354 g/mol. The number of hydrogen-bond donors (Lipinski definition) is 2. The van der Waals surface area contributed by atoms with Crippen molar-refractivity contribution in [2.24, 2.45) is 0 Å². The van der Waals surface area contributed by atoms with Crippen LogP contribution in [0, 0.1) is 0 Å². The lowest BCUT2D eigenvalue weighted by atomic mass is 10.1. The second-order valence-corrected chi connectivity index (χ2v) is 7.75. The van der Waals surface area contributed by atoms with Crippen molar-refractivity contribution in [1.29, 1.82) is 0 Å². The Morgan fingerprint density at radius 1 is 1.28 bits per heavy atom. The van der Waals surface area contributed by atoms with E-state index in [2.05, 4.69) is 15.7 Å². The largest absolute Gasteiger partial charge is 0.444 e. The van der Waals surface area contributed by atoms with Crippen LogP contribution in [0.25, 0.3) is 0 Å². The SMILES string of the molecule is CC(C)(C)NC(=O)c1cnn(C/C(=C/F)CNC(=O)OC(C)(C)C)c1. The highest BCUT2D eigenvalue weighted by atomic mass is 19.1. The van der Waals surface area contributed by atoms with E-state index < -0.39 is 11.7 Å². The van der Waals surface area contributed by atoms with Crippen LogP contribution >= 0.6 is 0 Å². The summed E-state index contributed by atoms with van der Waals surface area (Å²) in [5.41, 5.74) is -0.313. The summed E-state index contributed by atoms with van der Waals surface area (Å²) in [5.74, 6) is -0.253. The van der Waals surface area contributed by atoms with E-state index >= 15 is 0 Å². The number of hydrogen-bond acceptors (Lipinski definition) is 4. The van der Waals surface area contributed by atoms with Crippen molar-refractivity contribution in [3.8, 4) is 0 Å². The summed E-state index contributed by atoms with van der Waals surface area (Å²) in [6.45, 7) is 10.9. The van der Waals surface area contributed by atoms with Gasteiger partial charge in [0, 0.05) is 18.3 Å². The zero-order valence-corrected chi connectivity index (χ0v) is 15.6. The minimum atomic E-state index is -0.627. The molecule has 2 amide bonds. The van der Waals surface area contributed by atoms with E-state index in [1.807, 2.05) is 20.8 Å². The van der Waals surface area contributed by atoms with Crippen LogP contribution in [0.4, 0.5) is 9.18 Å². The molecule has 0 bridgehead atoms. The molecule has 140 valence electrons.